The number of rotatable bonds is 3. The monoisotopic (exact) mass is 340 g/mol. The van der Waals surface area contributed by atoms with E-state index in [4.69, 9.17) is 34.8 Å². The molecule has 0 spiro atoms. The quantitative estimate of drug-likeness (QED) is 0.806. The standard InChI is InChI=1S/C16H11Cl3O2/c17-13-4-2-1-3-12(13)10-5-7-11(8-6-10)15(14(20)21)9-16(15,18)19/h1-8H,9H2,(H,20,21). The van der Waals surface area contributed by atoms with Gasteiger partial charge in [0.15, 0.2) is 0 Å². The van der Waals surface area contributed by atoms with E-state index >= 15 is 0 Å². The lowest BCUT2D eigenvalue weighted by atomic mass is 9.93. The maximum Gasteiger partial charge on any atom is 0.317 e. The molecule has 2 aromatic rings. The summed E-state index contributed by atoms with van der Waals surface area (Å²) < 4.78 is -1.25. The summed E-state index contributed by atoms with van der Waals surface area (Å²) in [6.45, 7) is 0. The minimum absolute atomic E-state index is 0.212. The number of halogens is 3. The molecule has 1 aliphatic rings. The maximum absolute atomic E-state index is 11.5. The Labute approximate surface area is 137 Å². The zero-order chi connectivity index (χ0) is 15.3. The molecule has 5 heteroatoms. The van der Waals surface area contributed by atoms with Crippen molar-refractivity contribution in [2.24, 2.45) is 0 Å². The van der Waals surface area contributed by atoms with Crippen LogP contribution in [-0.2, 0) is 10.2 Å². The molecule has 108 valence electrons. The highest BCUT2D eigenvalue weighted by molar-refractivity contribution is 6.54. The molecule has 0 radical (unpaired) electrons. The lowest BCUT2D eigenvalue weighted by molar-refractivity contribution is -0.140. The highest BCUT2D eigenvalue weighted by atomic mass is 35.5. The molecule has 1 N–H and O–H groups in total. The van der Waals surface area contributed by atoms with E-state index in [1.54, 1.807) is 12.1 Å². The SMILES string of the molecule is O=C(O)C1(c2ccc(-c3ccccc3Cl)cc2)CC1(Cl)Cl. The molecule has 1 atom stereocenters. The van der Waals surface area contributed by atoms with E-state index in [1.165, 1.54) is 0 Å². The topological polar surface area (TPSA) is 37.3 Å². The minimum Gasteiger partial charge on any atom is -0.480 e. The van der Waals surface area contributed by atoms with Crippen LogP contribution in [0.1, 0.15) is 12.0 Å². The van der Waals surface area contributed by atoms with E-state index < -0.39 is 15.7 Å². The predicted octanol–water partition coefficient (Wildman–Crippen LogP) is 4.91. The summed E-state index contributed by atoms with van der Waals surface area (Å²) >= 11 is 18.2. The molecule has 0 amide bonds. The predicted molar refractivity (Wildman–Crippen MR) is 85.3 cm³/mol. The second kappa shape index (κ2) is 4.91. The molecule has 1 aliphatic carbocycles. The molecule has 0 heterocycles. The van der Waals surface area contributed by atoms with Crippen LogP contribution in [0, 0.1) is 0 Å². The van der Waals surface area contributed by atoms with Crippen LogP contribution in [0.15, 0.2) is 48.5 Å². The fourth-order valence-corrected chi connectivity index (χ4v) is 3.61. The van der Waals surface area contributed by atoms with Gasteiger partial charge in [0.2, 0.25) is 0 Å². The fourth-order valence-electron chi connectivity index (χ4n) is 2.59. The van der Waals surface area contributed by atoms with Crippen molar-refractivity contribution in [2.45, 2.75) is 16.2 Å². The normalized spacial score (nSPS) is 22.8. The van der Waals surface area contributed by atoms with Crippen molar-refractivity contribution in [3.8, 4) is 11.1 Å². The molecule has 2 aromatic carbocycles. The van der Waals surface area contributed by atoms with Gasteiger partial charge < -0.3 is 5.11 Å². The van der Waals surface area contributed by atoms with Crippen LogP contribution in [-0.4, -0.2) is 15.4 Å². The van der Waals surface area contributed by atoms with Crippen molar-refractivity contribution in [1.82, 2.24) is 0 Å². The third-order valence-electron chi connectivity index (χ3n) is 3.91. The molecule has 0 aliphatic heterocycles. The van der Waals surface area contributed by atoms with Gasteiger partial charge in [-0.2, -0.15) is 0 Å². The Morgan fingerprint density at radius 3 is 2.10 bits per heavy atom. The van der Waals surface area contributed by atoms with E-state index in [9.17, 15) is 9.90 Å². The average molecular weight is 342 g/mol. The van der Waals surface area contributed by atoms with Gasteiger partial charge in [-0.3, -0.25) is 4.79 Å². The fraction of sp³-hybridized carbons (Fsp3) is 0.188. The van der Waals surface area contributed by atoms with Gasteiger partial charge >= 0.3 is 5.97 Å². The van der Waals surface area contributed by atoms with Crippen LogP contribution in [0.5, 0.6) is 0 Å². The molecule has 1 unspecified atom stereocenters. The number of aliphatic carboxylic acids is 1. The van der Waals surface area contributed by atoms with Gasteiger partial charge in [-0.1, -0.05) is 77.3 Å². The van der Waals surface area contributed by atoms with Crippen molar-refractivity contribution in [3.05, 3.63) is 59.1 Å². The number of hydrogen-bond donors (Lipinski definition) is 1. The maximum atomic E-state index is 11.5. The number of carboxylic acids is 1. The Bertz CT molecular complexity index is 710. The smallest absolute Gasteiger partial charge is 0.317 e. The summed E-state index contributed by atoms with van der Waals surface area (Å²) in [6, 6.07) is 14.7. The zero-order valence-electron chi connectivity index (χ0n) is 10.8. The van der Waals surface area contributed by atoms with Gasteiger partial charge in [0.05, 0.1) is 0 Å². The summed E-state index contributed by atoms with van der Waals surface area (Å²) in [4.78, 5) is 11.5. The second-order valence-electron chi connectivity index (χ2n) is 5.15. The number of benzene rings is 2. The summed E-state index contributed by atoms with van der Waals surface area (Å²) in [5.41, 5.74) is 1.21. The number of alkyl halides is 2. The highest BCUT2D eigenvalue weighted by Crippen LogP contribution is 2.65. The van der Waals surface area contributed by atoms with Crippen LogP contribution >= 0.6 is 34.8 Å². The Kier molecular flexibility index (Phi) is 3.44. The first-order chi connectivity index (χ1) is 9.88. The lowest BCUT2D eigenvalue weighted by Gasteiger charge is -2.14. The van der Waals surface area contributed by atoms with Crippen molar-refractivity contribution in [2.75, 3.05) is 0 Å². The Balaban J connectivity index is 2.00. The zero-order valence-corrected chi connectivity index (χ0v) is 13.1. The van der Waals surface area contributed by atoms with Gasteiger partial charge in [0.25, 0.3) is 0 Å². The summed E-state index contributed by atoms with van der Waals surface area (Å²) in [5.74, 6) is -1.00. The van der Waals surface area contributed by atoms with Crippen LogP contribution < -0.4 is 0 Å². The Hall–Kier alpha value is -1.22. The molecule has 0 bridgehead atoms. The van der Waals surface area contributed by atoms with Gasteiger partial charge in [-0.25, -0.2) is 0 Å². The average Bonchev–Trinajstić information content (AvgIpc) is 3.04. The number of carboxylic acid groups (broad SMARTS) is 1. The van der Waals surface area contributed by atoms with Crippen LogP contribution in [0.3, 0.4) is 0 Å². The van der Waals surface area contributed by atoms with Crippen molar-refractivity contribution < 1.29 is 9.90 Å². The Morgan fingerprint density at radius 1 is 1.05 bits per heavy atom. The van der Waals surface area contributed by atoms with Crippen LogP contribution in [0.2, 0.25) is 5.02 Å². The van der Waals surface area contributed by atoms with Crippen molar-refractivity contribution in [1.29, 1.82) is 0 Å². The second-order valence-corrected chi connectivity index (χ2v) is 7.04. The van der Waals surface area contributed by atoms with E-state index in [1.807, 2.05) is 36.4 Å². The largest absolute Gasteiger partial charge is 0.480 e. The van der Waals surface area contributed by atoms with Gasteiger partial charge in [0, 0.05) is 17.0 Å². The first-order valence-electron chi connectivity index (χ1n) is 6.35. The Morgan fingerprint density at radius 2 is 1.62 bits per heavy atom. The third-order valence-corrected chi connectivity index (χ3v) is 5.16. The van der Waals surface area contributed by atoms with Crippen molar-refractivity contribution >= 4 is 40.8 Å². The van der Waals surface area contributed by atoms with Crippen molar-refractivity contribution in [3.63, 3.8) is 0 Å². The minimum atomic E-state index is -1.25. The van der Waals surface area contributed by atoms with E-state index in [-0.39, 0.29) is 6.42 Å². The number of carbonyl (C=O) groups is 1. The highest BCUT2D eigenvalue weighted by Gasteiger charge is 2.72. The molecule has 3 rings (SSSR count). The molecule has 1 fully saturated rings. The van der Waals surface area contributed by atoms with Gasteiger partial charge in [-0.05, 0) is 17.2 Å². The van der Waals surface area contributed by atoms with Gasteiger partial charge in [0.1, 0.15) is 9.75 Å². The van der Waals surface area contributed by atoms with E-state index in [0.29, 0.717) is 10.6 Å². The number of hydrogen-bond acceptors (Lipinski definition) is 1. The first-order valence-corrected chi connectivity index (χ1v) is 7.48. The molecular weight excluding hydrogens is 331 g/mol. The summed E-state index contributed by atoms with van der Waals surface area (Å²) in [7, 11) is 0. The van der Waals surface area contributed by atoms with Crippen LogP contribution in [0.4, 0.5) is 0 Å². The van der Waals surface area contributed by atoms with Gasteiger partial charge in [-0.15, -0.1) is 0 Å². The molecule has 1 saturated carbocycles. The summed E-state index contributed by atoms with van der Waals surface area (Å²) in [5, 5.41) is 10.1. The first kappa shape index (κ1) is 14.7. The molecular formula is C16H11Cl3O2. The lowest BCUT2D eigenvalue weighted by Crippen LogP contribution is -2.26. The molecule has 0 saturated heterocycles. The third kappa shape index (κ3) is 2.22. The van der Waals surface area contributed by atoms with E-state index in [0.717, 1.165) is 11.1 Å². The molecule has 21 heavy (non-hydrogen) atoms. The summed E-state index contributed by atoms with van der Waals surface area (Å²) in [6.07, 6.45) is 0.212. The molecule has 0 aromatic heterocycles. The van der Waals surface area contributed by atoms with E-state index in [2.05, 4.69) is 0 Å². The molecule has 2 nitrogen and oxygen atoms in total. The van der Waals surface area contributed by atoms with Crippen LogP contribution in [0.25, 0.3) is 11.1 Å².